The Morgan fingerprint density at radius 1 is 1.47 bits per heavy atom. The van der Waals surface area contributed by atoms with Crippen LogP contribution in [0, 0.1) is 5.92 Å². The van der Waals surface area contributed by atoms with E-state index < -0.39 is 0 Å². The second-order valence-corrected chi connectivity index (χ2v) is 3.63. The van der Waals surface area contributed by atoms with Crippen molar-refractivity contribution in [1.82, 2.24) is 9.97 Å². The summed E-state index contributed by atoms with van der Waals surface area (Å²) in [7, 11) is 0. The second kappa shape index (κ2) is 3.73. The molecule has 0 bridgehead atoms. The summed E-state index contributed by atoms with van der Waals surface area (Å²) < 4.78 is 5.23. The van der Waals surface area contributed by atoms with E-state index in [9.17, 15) is 4.79 Å². The third-order valence-electron chi connectivity index (χ3n) is 2.09. The number of hydrogen-bond donors (Lipinski definition) is 1. The number of nitrogens with zero attached hydrogens (tertiary/aromatic N) is 1. The third kappa shape index (κ3) is 1.83. The maximum absolute atomic E-state index is 11.4. The number of esters is 1. The van der Waals surface area contributed by atoms with Crippen LogP contribution >= 0.6 is 0 Å². The maximum atomic E-state index is 11.4. The second-order valence-electron chi connectivity index (χ2n) is 3.63. The topological polar surface area (TPSA) is 55.0 Å². The van der Waals surface area contributed by atoms with Gasteiger partial charge in [0.15, 0.2) is 5.75 Å². The van der Waals surface area contributed by atoms with E-state index in [1.807, 2.05) is 12.1 Å². The molecule has 78 valence electrons. The van der Waals surface area contributed by atoms with Crippen molar-refractivity contribution in [1.29, 1.82) is 0 Å². The number of imidazole rings is 1. The first kappa shape index (κ1) is 9.71. The predicted octanol–water partition coefficient (Wildman–Crippen LogP) is 2.12. The molecule has 0 saturated heterocycles. The van der Waals surface area contributed by atoms with Gasteiger partial charge in [0, 0.05) is 0 Å². The number of hydrogen-bond acceptors (Lipinski definition) is 3. The van der Waals surface area contributed by atoms with Gasteiger partial charge in [-0.25, -0.2) is 4.98 Å². The number of aromatic amines is 1. The first-order valence-electron chi connectivity index (χ1n) is 4.82. The SMILES string of the molecule is CC(C)C(=O)Oc1cccc2[nH]cnc12. The lowest BCUT2D eigenvalue weighted by atomic mass is 10.2. The summed E-state index contributed by atoms with van der Waals surface area (Å²) in [6.07, 6.45) is 1.58. The van der Waals surface area contributed by atoms with E-state index in [1.54, 1.807) is 26.2 Å². The summed E-state index contributed by atoms with van der Waals surface area (Å²) in [5.41, 5.74) is 1.55. The Labute approximate surface area is 87.3 Å². The van der Waals surface area contributed by atoms with Crippen LogP contribution in [-0.4, -0.2) is 15.9 Å². The smallest absolute Gasteiger partial charge is 0.313 e. The highest BCUT2D eigenvalue weighted by Gasteiger charge is 2.12. The molecule has 0 aliphatic heterocycles. The Hall–Kier alpha value is -1.84. The average molecular weight is 204 g/mol. The van der Waals surface area contributed by atoms with Gasteiger partial charge < -0.3 is 9.72 Å². The molecule has 2 aromatic rings. The fraction of sp³-hybridized carbons (Fsp3) is 0.273. The van der Waals surface area contributed by atoms with Crippen molar-refractivity contribution in [2.75, 3.05) is 0 Å². The van der Waals surface area contributed by atoms with E-state index in [-0.39, 0.29) is 11.9 Å². The summed E-state index contributed by atoms with van der Waals surface area (Å²) in [6, 6.07) is 5.45. The number of carbonyl (C=O) groups is 1. The van der Waals surface area contributed by atoms with Gasteiger partial charge in [-0.2, -0.15) is 0 Å². The van der Waals surface area contributed by atoms with Crippen molar-refractivity contribution in [3.8, 4) is 5.75 Å². The largest absolute Gasteiger partial charge is 0.424 e. The number of H-pyrrole nitrogens is 1. The van der Waals surface area contributed by atoms with Crippen LogP contribution in [-0.2, 0) is 4.79 Å². The summed E-state index contributed by atoms with van der Waals surface area (Å²) in [4.78, 5) is 18.5. The minimum atomic E-state index is -0.245. The van der Waals surface area contributed by atoms with Gasteiger partial charge in [0.1, 0.15) is 5.52 Å². The number of benzene rings is 1. The Kier molecular flexibility index (Phi) is 2.41. The van der Waals surface area contributed by atoms with Crippen molar-refractivity contribution in [2.45, 2.75) is 13.8 Å². The standard InChI is InChI=1S/C11H12N2O2/c1-7(2)11(14)15-9-5-3-4-8-10(9)13-6-12-8/h3-7H,1-2H3,(H,12,13). The average Bonchev–Trinajstić information content (AvgIpc) is 2.66. The van der Waals surface area contributed by atoms with Gasteiger partial charge >= 0.3 is 5.97 Å². The fourth-order valence-corrected chi connectivity index (χ4v) is 1.25. The van der Waals surface area contributed by atoms with Gasteiger partial charge in [0.25, 0.3) is 0 Å². The lowest BCUT2D eigenvalue weighted by Crippen LogP contribution is -2.14. The first-order chi connectivity index (χ1) is 7.18. The van der Waals surface area contributed by atoms with Gasteiger partial charge in [-0.05, 0) is 12.1 Å². The Morgan fingerprint density at radius 3 is 3.00 bits per heavy atom. The quantitative estimate of drug-likeness (QED) is 0.602. The van der Waals surface area contributed by atoms with Crippen LogP contribution in [0.3, 0.4) is 0 Å². The lowest BCUT2D eigenvalue weighted by molar-refractivity contribution is -0.137. The molecule has 15 heavy (non-hydrogen) atoms. The van der Waals surface area contributed by atoms with E-state index >= 15 is 0 Å². The van der Waals surface area contributed by atoms with Crippen molar-refractivity contribution in [2.24, 2.45) is 5.92 Å². The number of carbonyl (C=O) groups excluding carboxylic acids is 1. The molecule has 1 heterocycles. The van der Waals surface area contributed by atoms with Crippen LogP contribution in [0.4, 0.5) is 0 Å². The highest BCUT2D eigenvalue weighted by molar-refractivity contribution is 5.85. The van der Waals surface area contributed by atoms with E-state index in [2.05, 4.69) is 9.97 Å². The third-order valence-corrected chi connectivity index (χ3v) is 2.09. The van der Waals surface area contributed by atoms with Crippen LogP contribution in [0.15, 0.2) is 24.5 Å². The molecule has 0 spiro atoms. The molecular formula is C11H12N2O2. The molecule has 0 unspecified atom stereocenters. The first-order valence-corrected chi connectivity index (χ1v) is 4.82. The van der Waals surface area contributed by atoms with Crippen molar-refractivity contribution >= 4 is 17.0 Å². The molecule has 2 rings (SSSR count). The van der Waals surface area contributed by atoms with Gasteiger partial charge in [-0.15, -0.1) is 0 Å². The molecule has 0 atom stereocenters. The number of fused-ring (bicyclic) bond motifs is 1. The van der Waals surface area contributed by atoms with Gasteiger partial charge in [-0.3, -0.25) is 4.79 Å². The summed E-state index contributed by atoms with van der Waals surface area (Å²) >= 11 is 0. The Morgan fingerprint density at radius 2 is 2.27 bits per heavy atom. The van der Waals surface area contributed by atoms with Gasteiger partial charge in [0.05, 0.1) is 17.8 Å². The molecule has 0 aliphatic rings. The number of para-hydroxylation sites is 1. The highest BCUT2D eigenvalue weighted by Crippen LogP contribution is 2.22. The van der Waals surface area contributed by atoms with Crippen molar-refractivity contribution in [3.63, 3.8) is 0 Å². The van der Waals surface area contributed by atoms with Crippen molar-refractivity contribution < 1.29 is 9.53 Å². The molecule has 1 aromatic heterocycles. The van der Waals surface area contributed by atoms with Gasteiger partial charge in [0.2, 0.25) is 0 Å². The minimum absolute atomic E-state index is 0.140. The fourth-order valence-electron chi connectivity index (χ4n) is 1.25. The molecule has 1 N–H and O–H groups in total. The summed E-state index contributed by atoms with van der Waals surface area (Å²) in [6.45, 7) is 3.60. The van der Waals surface area contributed by atoms with Crippen LogP contribution in [0.25, 0.3) is 11.0 Å². The maximum Gasteiger partial charge on any atom is 0.313 e. The zero-order valence-corrected chi connectivity index (χ0v) is 8.65. The monoisotopic (exact) mass is 204 g/mol. The zero-order chi connectivity index (χ0) is 10.8. The predicted molar refractivity (Wildman–Crippen MR) is 56.6 cm³/mol. The van der Waals surface area contributed by atoms with E-state index in [4.69, 9.17) is 4.74 Å². The van der Waals surface area contributed by atoms with Crippen LogP contribution in [0.2, 0.25) is 0 Å². The highest BCUT2D eigenvalue weighted by atomic mass is 16.5. The summed E-state index contributed by atoms with van der Waals surface area (Å²) in [5, 5.41) is 0. The van der Waals surface area contributed by atoms with Crippen molar-refractivity contribution in [3.05, 3.63) is 24.5 Å². The zero-order valence-electron chi connectivity index (χ0n) is 8.65. The molecule has 0 amide bonds. The summed E-state index contributed by atoms with van der Waals surface area (Å²) in [5.74, 6) is 0.122. The molecule has 0 radical (unpaired) electrons. The molecule has 0 fully saturated rings. The van der Waals surface area contributed by atoms with E-state index in [0.29, 0.717) is 11.3 Å². The molecular weight excluding hydrogens is 192 g/mol. The molecule has 1 aromatic carbocycles. The Balaban J connectivity index is 2.35. The molecule has 0 saturated carbocycles. The number of rotatable bonds is 2. The Bertz CT molecular complexity index is 488. The number of aromatic nitrogens is 2. The molecule has 4 nitrogen and oxygen atoms in total. The van der Waals surface area contributed by atoms with Crippen LogP contribution in [0.5, 0.6) is 5.75 Å². The van der Waals surface area contributed by atoms with E-state index in [0.717, 1.165) is 5.52 Å². The van der Waals surface area contributed by atoms with Crippen LogP contribution in [0.1, 0.15) is 13.8 Å². The molecule has 0 aliphatic carbocycles. The normalized spacial score (nSPS) is 10.9. The van der Waals surface area contributed by atoms with E-state index in [1.165, 1.54) is 0 Å². The lowest BCUT2D eigenvalue weighted by Gasteiger charge is -2.06. The number of ether oxygens (including phenoxy) is 1. The van der Waals surface area contributed by atoms with Gasteiger partial charge in [-0.1, -0.05) is 19.9 Å². The van der Waals surface area contributed by atoms with Crippen LogP contribution < -0.4 is 4.74 Å². The molecule has 4 heteroatoms. The minimum Gasteiger partial charge on any atom is -0.424 e. The number of nitrogens with one attached hydrogen (secondary N) is 1.